The van der Waals surface area contributed by atoms with Crippen LogP contribution in [-0.2, 0) is 6.61 Å². The summed E-state index contributed by atoms with van der Waals surface area (Å²) in [4.78, 5) is 0. The molecule has 0 aliphatic rings. The Balaban J connectivity index is 2.06. The normalized spacial score (nSPS) is 11.4. The summed E-state index contributed by atoms with van der Waals surface area (Å²) in [5, 5.41) is 2.18. The van der Waals surface area contributed by atoms with E-state index in [1.807, 2.05) is 25.1 Å². The highest BCUT2D eigenvalue weighted by atomic mass is 35.5. The number of benzene rings is 2. The van der Waals surface area contributed by atoms with Crippen LogP contribution in [0.3, 0.4) is 0 Å². The van der Waals surface area contributed by atoms with E-state index in [2.05, 4.69) is 43.9 Å². The van der Waals surface area contributed by atoms with E-state index in [4.69, 9.17) is 16.3 Å². The molecule has 3 heteroatoms. The molecule has 0 aliphatic heterocycles. The summed E-state index contributed by atoms with van der Waals surface area (Å²) >= 11 is 5.99. The van der Waals surface area contributed by atoms with Crippen LogP contribution in [0.1, 0.15) is 11.1 Å². The number of halogens is 1. The smallest absolute Gasteiger partial charge is 0.124 e. The molecule has 0 spiro atoms. The van der Waals surface area contributed by atoms with Crippen LogP contribution < -0.4 is 9.92 Å². The van der Waals surface area contributed by atoms with Gasteiger partial charge in [0.2, 0.25) is 0 Å². The van der Waals surface area contributed by atoms with Crippen molar-refractivity contribution >= 4 is 24.9 Å². The molecule has 2 aromatic rings. The zero-order valence-electron chi connectivity index (χ0n) is 12.5. The third-order valence-electron chi connectivity index (χ3n) is 3.36. The molecular weight excluding hydrogens is 284 g/mol. The summed E-state index contributed by atoms with van der Waals surface area (Å²) in [6.45, 7) is 9.67. The lowest BCUT2D eigenvalue weighted by Crippen LogP contribution is -2.37. The standard InChI is InChI=1S/C17H21ClOSi/c1-13-5-8-15(18)11-17(13)19-12-14-6-9-16(10-7-14)20(2,3)4/h5-11H,12H2,1-4H3. The van der Waals surface area contributed by atoms with Crippen molar-refractivity contribution in [1.29, 1.82) is 0 Å². The highest BCUT2D eigenvalue weighted by molar-refractivity contribution is 6.88. The topological polar surface area (TPSA) is 9.23 Å². The highest BCUT2D eigenvalue weighted by Gasteiger charge is 2.15. The lowest BCUT2D eigenvalue weighted by molar-refractivity contribution is 0.304. The molecule has 2 aromatic carbocycles. The molecular formula is C17H21ClOSi. The van der Waals surface area contributed by atoms with Crippen LogP contribution in [0.2, 0.25) is 24.7 Å². The first-order valence-electron chi connectivity index (χ1n) is 6.84. The molecule has 0 aromatic heterocycles. The molecule has 0 heterocycles. The Morgan fingerprint density at radius 1 is 1.00 bits per heavy atom. The second-order valence-electron chi connectivity index (χ2n) is 6.15. The van der Waals surface area contributed by atoms with Crippen molar-refractivity contribution in [3.05, 3.63) is 58.6 Å². The summed E-state index contributed by atoms with van der Waals surface area (Å²) in [6.07, 6.45) is 0. The summed E-state index contributed by atoms with van der Waals surface area (Å²) in [5.41, 5.74) is 2.29. The van der Waals surface area contributed by atoms with Crippen LogP contribution in [0.15, 0.2) is 42.5 Å². The van der Waals surface area contributed by atoms with Crippen LogP contribution >= 0.6 is 11.6 Å². The zero-order chi connectivity index (χ0) is 14.8. The fraction of sp³-hybridized carbons (Fsp3) is 0.294. The van der Waals surface area contributed by atoms with E-state index in [0.717, 1.165) is 11.3 Å². The fourth-order valence-electron chi connectivity index (χ4n) is 1.99. The van der Waals surface area contributed by atoms with Gasteiger partial charge in [0.25, 0.3) is 0 Å². The Morgan fingerprint density at radius 2 is 1.65 bits per heavy atom. The fourth-order valence-corrected chi connectivity index (χ4v) is 3.32. The molecule has 0 bridgehead atoms. The first-order valence-corrected chi connectivity index (χ1v) is 10.7. The van der Waals surface area contributed by atoms with Crippen molar-refractivity contribution < 1.29 is 4.74 Å². The van der Waals surface area contributed by atoms with Gasteiger partial charge in [-0.2, -0.15) is 0 Å². The van der Waals surface area contributed by atoms with Gasteiger partial charge in [-0.15, -0.1) is 0 Å². The Labute approximate surface area is 127 Å². The van der Waals surface area contributed by atoms with Gasteiger partial charge in [-0.1, -0.05) is 66.8 Å². The summed E-state index contributed by atoms with van der Waals surface area (Å²) in [7, 11) is -1.22. The summed E-state index contributed by atoms with van der Waals surface area (Å²) in [6, 6.07) is 14.5. The first-order chi connectivity index (χ1) is 9.36. The molecule has 0 atom stereocenters. The molecule has 0 N–H and O–H groups in total. The van der Waals surface area contributed by atoms with Gasteiger partial charge in [0, 0.05) is 5.02 Å². The lowest BCUT2D eigenvalue weighted by Gasteiger charge is -2.17. The van der Waals surface area contributed by atoms with Crippen molar-refractivity contribution in [1.82, 2.24) is 0 Å². The molecule has 0 saturated heterocycles. The van der Waals surface area contributed by atoms with Crippen LogP contribution in [0.5, 0.6) is 5.75 Å². The molecule has 0 amide bonds. The third kappa shape index (κ3) is 3.87. The summed E-state index contributed by atoms with van der Waals surface area (Å²) < 4.78 is 5.86. The number of ether oxygens (including phenoxy) is 1. The number of aryl methyl sites for hydroxylation is 1. The van der Waals surface area contributed by atoms with E-state index in [-0.39, 0.29) is 0 Å². The Morgan fingerprint density at radius 3 is 2.25 bits per heavy atom. The molecule has 2 rings (SSSR count). The van der Waals surface area contributed by atoms with Crippen molar-refractivity contribution in [3.8, 4) is 5.75 Å². The van der Waals surface area contributed by atoms with Gasteiger partial charge in [-0.05, 0) is 30.2 Å². The van der Waals surface area contributed by atoms with Crippen molar-refractivity contribution in [2.75, 3.05) is 0 Å². The van der Waals surface area contributed by atoms with Crippen molar-refractivity contribution in [3.63, 3.8) is 0 Å². The predicted molar refractivity (Wildman–Crippen MR) is 89.9 cm³/mol. The number of hydrogen-bond donors (Lipinski definition) is 0. The molecule has 1 nitrogen and oxygen atoms in total. The number of hydrogen-bond acceptors (Lipinski definition) is 1. The third-order valence-corrected chi connectivity index (χ3v) is 5.66. The van der Waals surface area contributed by atoms with E-state index < -0.39 is 8.07 Å². The Hall–Kier alpha value is -1.25. The summed E-state index contributed by atoms with van der Waals surface area (Å²) in [5.74, 6) is 0.853. The van der Waals surface area contributed by atoms with Crippen LogP contribution in [0, 0.1) is 6.92 Å². The first kappa shape index (κ1) is 15.1. The maximum Gasteiger partial charge on any atom is 0.124 e. The second-order valence-corrected chi connectivity index (χ2v) is 11.7. The van der Waals surface area contributed by atoms with Crippen LogP contribution in [0.4, 0.5) is 0 Å². The number of rotatable bonds is 4. The zero-order valence-corrected chi connectivity index (χ0v) is 14.3. The predicted octanol–water partition coefficient (Wildman–Crippen LogP) is 4.77. The lowest BCUT2D eigenvalue weighted by atomic mass is 10.2. The molecule has 0 saturated carbocycles. The van der Waals surface area contributed by atoms with E-state index in [9.17, 15) is 0 Å². The van der Waals surface area contributed by atoms with Gasteiger partial charge < -0.3 is 4.74 Å². The second kappa shape index (κ2) is 6.02. The Bertz CT molecular complexity index is 585. The maximum atomic E-state index is 5.99. The van der Waals surface area contributed by atoms with E-state index in [1.54, 1.807) is 0 Å². The molecule has 0 fully saturated rings. The minimum Gasteiger partial charge on any atom is -0.489 e. The van der Waals surface area contributed by atoms with E-state index in [1.165, 1.54) is 10.8 Å². The molecule has 0 unspecified atom stereocenters. The molecule has 106 valence electrons. The van der Waals surface area contributed by atoms with Gasteiger partial charge in [-0.25, -0.2) is 0 Å². The van der Waals surface area contributed by atoms with Gasteiger partial charge in [0.1, 0.15) is 12.4 Å². The average molecular weight is 305 g/mol. The van der Waals surface area contributed by atoms with Crippen molar-refractivity contribution in [2.24, 2.45) is 0 Å². The highest BCUT2D eigenvalue weighted by Crippen LogP contribution is 2.23. The van der Waals surface area contributed by atoms with Crippen LogP contribution in [0.25, 0.3) is 0 Å². The molecule has 0 radical (unpaired) electrons. The van der Waals surface area contributed by atoms with Crippen LogP contribution in [-0.4, -0.2) is 8.07 Å². The van der Waals surface area contributed by atoms with Gasteiger partial charge >= 0.3 is 0 Å². The largest absolute Gasteiger partial charge is 0.489 e. The van der Waals surface area contributed by atoms with Crippen molar-refractivity contribution in [2.45, 2.75) is 33.2 Å². The quantitative estimate of drug-likeness (QED) is 0.739. The molecule has 0 aliphatic carbocycles. The van der Waals surface area contributed by atoms with E-state index in [0.29, 0.717) is 11.6 Å². The minimum absolute atomic E-state index is 0.577. The monoisotopic (exact) mass is 304 g/mol. The molecule has 20 heavy (non-hydrogen) atoms. The minimum atomic E-state index is -1.22. The van der Waals surface area contributed by atoms with Gasteiger partial charge in [0.15, 0.2) is 0 Å². The Kier molecular flexibility index (Phi) is 4.56. The average Bonchev–Trinajstić information content (AvgIpc) is 2.39. The maximum absolute atomic E-state index is 5.99. The van der Waals surface area contributed by atoms with Gasteiger partial charge in [-0.3, -0.25) is 0 Å². The SMILES string of the molecule is Cc1ccc(Cl)cc1OCc1ccc([Si](C)(C)C)cc1. The van der Waals surface area contributed by atoms with E-state index >= 15 is 0 Å². The van der Waals surface area contributed by atoms with Gasteiger partial charge in [0.05, 0.1) is 8.07 Å².